The summed E-state index contributed by atoms with van der Waals surface area (Å²) in [7, 11) is -3.70. The van der Waals surface area contributed by atoms with Crippen molar-refractivity contribution >= 4 is 33.2 Å². The number of halogens is 2. The van der Waals surface area contributed by atoms with Crippen LogP contribution in [0.4, 0.5) is 0 Å². The number of hydrogen-bond donors (Lipinski definition) is 1. The number of sulfonamides is 1. The summed E-state index contributed by atoms with van der Waals surface area (Å²) in [6, 6.07) is 7.68. The molecule has 0 bridgehead atoms. The highest BCUT2D eigenvalue weighted by atomic mass is 35.5. The Kier molecular flexibility index (Phi) is 6.71. The van der Waals surface area contributed by atoms with E-state index in [0.717, 1.165) is 18.8 Å². The van der Waals surface area contributed by atoms with Gasteiger partial charge < -0.3 is 4.42 Å². The molecule has 0 aliphatic heterocycles. The Morgan fingerprint density at radius 3 is 2.42 bits per heavy atom. The Morgan fingerprint density at radius 1 is 1.17 bits per heavy atom. The summed E-state index contributed by atoms with van der Waals surface area (Å²) >= 11 is 11.8. The van der Waals surface area contributed by atoms with E-state index in [1.54, 1.807) is 12.3 Å². The van der Waals surface area contributed by atoms with Crippen molar-refractivity contribution in [3.63, 3.8) is 0 Å². The third kappa shape index (κ3) is 4.52. The second kappa shape index (κ2) is 8.36. The van der Waals surface area contributed by atoms with Crippen molar-refractivity contribution in [2.75, 3.05) is 19.6 Å². The lowest BCUT2D eigenvalue weighted by Gasteiger charge is -2.28. The van der Waals surface area contributed by atoms with Crippen molar-refractivity contribution in [3.05, 3.63) is 52.4 Å². The molecule has 24 heavy (non-hydrogen) atoms. The summed E-state index contributed by atoms with van der Waals surface area (Å²) in [4.78, 5) is 2.20. The van der Waals surface area contributed by atoms with Gasteiger partial charge in [-0.1, -0.05) is 37.0 Å². The molecule has 1 aromatic heterocycles. The van der Waals surface area contributed by atoms with Crippen LogP contribution in [-0.4, -0.2) is 33.0 Å². The highest BCUT2D eigenvalue weighted by Gasteiger charge is 2.24. The lowest BCUT2D eigenvalue weighted by molar-refractivity contribution is 0.194. The molecular weight excluding hydrogens is 371 g/mol. The van der Waals surface area contributed by atoms with Crippen LogP contribution in [0.5, 0.6) is 0 Å². The van der Waals surface area contributed by atoms with Gasteiger partial charge in [0.2, 0.25) is 10.0 Å². The van der Waals surface area contributed by atoms with Crippen LogP contribution in [0.1, 0.15) is 25.6 Å². The maximum Gasteiger partial charge on any atom is 0.240 e. The zero-order valence-electron chi connectivity index (χ0n) is 13.5. The molecule has 0 amide bonds. The Bertz CT molecular complexity index is 760. The number of nitrogens with one attached hydrogen (secondary N) is 1. The van der Waals surface area contributed by atoms with Gasteiger partial charge in [-0.2, -0.15) is 0 Å². The van der Waals surface area contributed by atoms with E-state index in [1.165, 1.54) is 18.2 Å². The van der Waals surface area contributed by atoms with Gasteiger partial charge in [0.25, 0.3) is 0 Å². The molecule has 2 aromatic rings. The highest BCUT2D eigenvalue weighted by molar-refractivity contribution is 7.89. The first-order chi connectivity index (χ1) is 11.4. The van der Waals surface area contributed by atoms with Crippen LogP contribution in [0.25, 0.3) is 0 Å². The Morgan fingerprint density at radius 2 is 1.88 bits per heavy atom. The average Bonchev–Trinajstić information content (AvgIpc) is 3.08. The van der Waals surface area contributed by atoms with Gasteiger partial charge in [0.1, 0.15) is 5.76 Å². The predicted molar refractivity (Wildman–Crippen MR) is 96.0 cm³/mol. The molecule has 1 N–H and O–H groups in total. The van der Waals surface area contributed by atoms with Gasteiger partial charge in [-0.25, -0.2) is 13.1 Å². The van der Waals surface area contributed by atoms with Gasteiger partial charge in [-0.15, -0.1) is 0 Å². The van der Waals surface area contributed by atoms with Crippen LogP contribution >= 0.6 is 23.2 Å². The fourth-order valence-corrected chi connectivity index (χ4v) is 3.90. The molecule has 8 heteroatoms. The lowest BCUT2D eigenvalue weighted by atomic mass is 10.2. The maximum atomic E-state index is 12.5. The fraction of sp³-hybridized carbons (Fsp3) is 0.375. The summed E-state index contributed by atoms with van der Waals surface area (Å²) in [5.41, 5.74) is 0. The third-order valence-electron chi connectivity index (χ3n) is 3.79. The average molecular weight is 391 g/mol. The molecule has 0 fully saturated rings. The first kappa shape index (κ1) is 19.3. The van der Waals surface area contributed by atoms with Gasteiger partial charge in [-0.05, 0) is 43.4 Å². The molecule has 0 aliphatic carbocycles. The summed E-state index contributed by atoms with van der Waals surface area (Å²) in [6.07, 6.45) is 1.58. The van der Waals surface area contributed by atoms with Crippen molar-refractivity contribution < 1.29 is 12.8 Å². The first-order valence-electron chi connectivity index (χ1n) is 7.61. The van der Waals surface area contributed by atoms with E-state index in [2.05, 4.69) is 9.62 Å². The smallest absolute Gasteiger partial charge is 0.240 e. The monoisotopic (exact) mass is 390 g/mol. The molecule has 0 aliphatic rings. The number of rotatable bonds is 8. The maximum absolute atomic E-state index is 12.5. The van der Waals surface area contributed by atoms with E-state index >= 15 is 0 Å². The molecule has 1 heterocycles. The largest absolute Gasteiger partial charge is 0.468 e. The van der Waals surface area contributed by atoms with Gasteiger partial charge in [0.15, 0.2) is 0 Å². The Labute approximate surface area is 152 Å². The highest BCUT2D eigenvalue weighted by Crippen LogP contribution is 2.25. The first-order valence-corrected chi connectivity index (χ1v) is 9.85. The van der Waals surface area contributed by atoms with Gasteiger partial charge in [-0.3, -0.25) is 4.90 Å². The van der Waals surface area contributed by atoms with Crippen molar-refractivity contribution in [1.82, 2.24) is 9.62 Å². The minimum Gasteiger partial charge on any atom is -0.468 e. The van der Waals surface area contributed by atoms with Crippen LogP contribution in [0.15, 0.2) is 45.9 Å². The molecule has 1 unspecified atom stereocenters. The second-order valence-corrected chi connectivity index (χ2v) is 7.76. The number of likely N-dealkylation sites (N-methyl/N-ethyl adjacent to an activating group) is 1. The number of furan rings is 1. The summed E-state index contributed by atoms with van der Waals surface area (Å²) in [5.74, 6) is 0.718. The molecule has 1 aromatic carbocycles. The summed E-state index contributed by atoms with van der Waals surface area (Å²) in [6.45, 7) is 5.78. The van der Waals surface area contributed by atoms with E-state index in [-0.39, 0.29) is 22.5 Å². The van der Waals surface area contributed by atoms with Crippen molar-refractivity contribution in [3.8, 4) is 0 Å². The van der Waals surface area contributed by atoms with E-state index in [9.17, 15) is 8.42 Å². The Balaban J connectivity index is 2.19. The molecule has 0 radical (unpaired) electrons. The van der Waals surface area contributed by atoms with E-state index < -0.39 is 10.0 Å². The van der Waals surface area contributed by atoms with Crippen LogP contribution in [0.2, 0.25) is 10.0 Å². The van der Waals surface area contributed by atoms with Crippen molar-refractivity contribution in [2.45, 2.75) is 24.8 Å². The van der Waals surface area contributed by atoms with Crippen LogP contribution in [0.3, 0.4) is 0 Å². The number of nitrogens with zero attached hydrogens (tertiary/aromatic N) is 1. The third-order valence-corrected chi connectivity index (χ3v) is 5.95. The van der Waals surface area contributed by atoms with Crippen molar-refractivity contribution in [1.29, 1.82) is 0 Å². The van der Waals surface area contributed by atoms with E-state index in [4.69, 9.17) is 27.6 Å². The SMILES string of the molecule is CCN(CC)C(CNS(=O)(=O)c1ccc(Cl)c(Cl)c1)c1ccco1. The zero-order valence-corrected chi connectivity index (χ0v) is 15.8. The molecule has 0 saturated heterocycles. The van der Waals surface area contributed by atoms with Gasteiger partial charge >= 0.3 is 0 Å². The molecular formula is C16H20Cl2N2O3S. The molecule has 132 valence electrons. The molecule has 2 rings (SSSR count). The summed E-state index contributed by atoms with van der Waals surface area (Å²) < 4.78 is 33.1. The normalized spacial score (nSPS) is 13.4. The van der Waals surface area contributed by atoms with E-state index in [0.29, 0.717) is 5.02 Å². The van der Waals surface area contributed by atoms with Gasteiger partial charge in [0, 0.05) is 6.54 Å². The summed E-state index contributed by atoms with van der Waals surface area (Å²) in [5, 5.41) is 0.512. The molecule has 5 nitrogen and oxygen atoms in total. The van der Waals surface area contributed by atoms with Gasteiger partial charge in [0.05, 0.1) is 27.2 Å². The number of hydrogen-bond acceptors (Lipinski definition) is 4. The number of benzene rings is 1. The molecule has 1 atom stereocenters. The topological polar surface area (TPSA) is 62.6 Å². The molecule has 0 saturated carbocycles. The van der Waals surface area contributed by atoms with Crippen molar-refractivity contribution in [2.24, 2.45) is 0 Å². The lowest BCUT2D eigenvalue weighted by Crippen LogP contribution is -2.37. The zero-order chi connectivity index (χ0) is 17.7. The second-order valence-electron chi connectivity index (χ2n) is 5.18. The minimum atomic E-state index is -3.70. The van der Waals surface area contributed by atoms with E-state index in [1.807, 2.05) is 19.9 Å². The van der Waals surface area contributed by atoms with Crippen LogP contribution in [0, 0.1) is 0 Å². The predicted octanol–water partition coefficient (Wildman–Crippen LogP) is 3.95. The van der Waals surface area contributed by atoms with Crippen LogP contribution in [-0.2, 0) is 10.0 Å². The molecule has 0 spiro atoms. The standard InChI is InChI=1S/C16H20Cl2N2O3S/c1-3-20(4-2)15(16-6-5-9-23-16)11-19-24(21,22)12-7-8-13(17)14(18)10-12/h5-10,15,19H,3-4,11H2,1-2H3. The quantitative estimate of drug-likeness (QED) is 0.740. The van der Waals surface area contributed by atoms with Crippen LogP contribution < -0.4 is 4.72 Å². The fourth-order valence-electron chi connectivity index (χ4n) is 2.47. The Hall–Kier alpha value is -1.05. The minimum absolute atomic E-state index is 0.0784.